The second kappa shape index (κ2) is 4.48. The molecule has 0 bridgehead atoms. The molecule has 2 saturated heterocycles. The lowest BCUT2D eigenvalue weighted by atomic mass is 9.95. The molecule has 2 rings (SSSR count). The van der Waals surface area contributed by atoms with Gasteiger partial charge in [0.15, 0.2) is 22.7 Å². The Bertz CT molecular complexity index is 465. The zero-order valence-corrected chi connectivity index (χ0v) is 13.8. The highest BCUT2D eigenvalue weighted by molar-refractivity contribution is 5.73. The third-order valence-electron chi connectivity index (χ3n) is 5.01. The van der Waals surface area contributed by atoms with Crippen LogP contribution in [0.1, 0.15) is 41.5 Å². The molecule has 2 atom stereocenters. The van der Waals surface area contributed by atoms with E-state index in [2.05, 4.69) is 0 Å². The first-order valence-corrected chi connectivity index (χ1v) is 7.20. The topological polar surface area (TPSA) is 99.5 Å². The van der Waals surface area contributed by atoms with Crippen molar-refractivity contribution in [3.63, 3.8) is 0 Å². The van der Waals surface area contributed by atoms with Gasteiger partial charge < -0.3 is 19.7 Å². The maximum absolute atomic E-state index is 11.9. The largest absolute Gasteiger partial charge is 0.438 e. The summed E-state index contributed by atoms with van der Waals surface area (Å²) in [6.45, 7) is 9.39. The van der Waals surface area contributed by atoms with Crippen LogP contribution in [0.3, 0.4) is 0 Å². The van der Waals surface area contributed by atoms with Crippen molar-refractivity contribution in [3.05, 3.63) is 0 Å². The summed E-state index contributed by atoms with van der Waals surface area (Å²) in [7, 11) is 0. The first-order chi connectivity index (χ1) is 9.74. The molecular weight excluding hydrogens is 292 g/mol. The van der Waals surface area contributed by atoms with Crippen molar-refractivity contribution >= 4 is 12.2 Å². The van der Waals surface area contributed by atoms with E-state index < -0.39 is 34.8 Å². The average molecular weight is 316 g/mol. The molecule has 2 aliphatic heterocycles. The Hall–Kier alpha value is -1.54. The summed E-state index contributed by atoms with van der Waals surface area (Å²) < 4.78 is 10.3. The van der Waals surface area contributed by atoms with Gasteiger partial charge in [-0.1, -0.05) is 0 Å². The van der Waals surface area contributed by atoms with Crippen LogP contribution in [0, 0.1) is 0 Å². The number of rotatable bonds is 3. The summed E-state index contributed by atoms with van der Waals surface area (Å²) in [5.74, 6) is 0. The number of nitrogens with zero attached hydrogens (tertiary/aromatic N) is 2. The van der Waals surface area contributed by atoms with E-state index in [0.29, 0.717) is 0 Å². The Morgan fingerprint density at radius 3 is 1.23 bits per heavy atom. The summed E-state index contributed by atoms with van der Waals surface area (Å²) in [5, 5.41) is 21.0. The van der Waals surface area contributed by atoms with Crippen LogP contribution in [0.5, 0.6) is 0 Å². The molecule has 2 N–H and O–H groups in total. The molecule has 2 amide bonds. The fraction of sp³-hybridized carbons (Fsp3) is 0.857. The molecule has 0 aromatic carbocycles. The van der Waals surface area contributed by atoms with Crippen molar-refractivity contribution in [2.75, 3.05) is 13.1 Å². The quantitative estimate of drug-likeness (QED) is 0.801. The Morgan fingerprint density at radius 2 is 1.05 bits per heavy atom. The second-order valence-electron chi connectivity index (χ2n) is 7.10. The molecule has 0 saturated carbocycles. The number of hydrogen-bond donors (Lipinski definition) is 2. The Kier molecular flexibility index (Phi) is 3.43. The van der Waals surface area contributed by atoms with Gasteiger partial charge >= 0.3 is 12.2 Å². The molecule has 0 spiro atoms. The molecule has 2 aliphatic rings. The second-order valence-corrected chi connectivity index (χ2v) is 7.10. The van der Waals surface area contributed by atoms with Crippen molar-refractivity contribution < 1.29 is 29.3 Å². The SMILES string of the molecule is CC1(C)OC(=O)N(CCN2C(=O)OC(C)(C)[C@]2(C)O)[C@]1(C)O. The van der Waals surface area contributed by atoms with Crippen LogP contribution in [0.2, 0.25) is 0 Å². The molecule has 126 valence electrons. The molecule has 2 heterocycles. The predicted molar refractivity (Wildman–Crippen MR) is 75.8 cm³/mol. The molecule has 0 radical (unpaired) electrons. The fourth-order valence-corrected chi connectivity index (χ4v) is 2.56. The highest BCUT2D eigenvalue weighted by atomic mass is 16.6. The van der Waals surface area contributed by atoms with E-state index in [9.17, 15) is 19.8 Å². The lowest BCUT2D eigenvalue weighted by molar-refractivity contribution is -0.141. The smallest absolute Gasteiger partial charge is 0.412 e. The van der Waals surface area contributed by atoms with Gasteiger partial charge in [-0.15, -0.1) is 0 Å². The van der Waals surface area contributed by atoms with Gasteiger partial charge in [-0.25, -0.2) is 9.59 Å². The molecule has 0 aliphatic carbocycles. The maximum atomic E-state index is 11.9. The molecule has 22 heavy (non-hydrogen) atoms. The van der Waals surface area contributed by atoms with Crippen LogP contribution < -0.4 is 0 Å². The van der Waals surface area contributed by atoms with E-state index in [1.165, 1.54) is 13.8 Å². The molecular formula is C14H24N2O6. The number of ether oxygens (including phenoxy) is 2. The van der Waals surface area contributed by atoms with Crippen LogP contribution in [0.15, 0.2) is 0 Å². The van der Waals surface area contributed by atoms with Crippen LogP contribution in [0.25, 0.3) is 0 Å². The number of hydrogen-bond acceptors (Lipinski definition) is 6. The number of amides is 2. The van der Waals surface area contributed by atoms with Crippen LogP contribution in [-0.4, -0.2) is 67.9 Å². The van der Waals surface area contributed by atoms with Gasteiger partial charge in [0.2, 0.25) is 0 Å². The van der Waals surface area contributed by atoms with E-state index >= 15 is 0 Å². The van der Waals surface area contributed by atoms with Gasteiger partial charge in [-0.05, 0) is 41.5 Å². The molecule has 2 fully saturated rings. The molecule has 0 unspecified atom stereocenters. The third kappa shape index (κ3) is 2.13. The molecule has 8 nitrogen and oxygen atoms in total. The Morgan fingerprint density at radius 1 is 0.773 bits per heavy atom. The minimum Gasteiger partial charge on any atom is -0.438 e. The zero-order chi connectivity index (χ0) is 17.1. The van der Waals surface area contributed by atoms with E-state index in [4.69, 9.17) is 9.47 Å². The zero-order valence-electron chi connectivity index (χ0n) is 13.8. The first-order valence-electron chi connectivity index (χ1n) is 7.20. The standard InChI is InChI=1S/C14H24N2O6/c1-11(2)13(5,19)15(9(17)21-11)7-8-16-10(18)22-12(3,4)14(16,6)20/h19-20H,7-8H2,1-6H3/t13-,14+. The summed E-state index contributed by atoms with van der Waals surface area (Å²) in [6, 6.07) is 0. The Balaban J connectivity index is 2.14. The Labute approximate surface area is 129 Å². The van der Waals surface area contributed by atoms with Gasteiger partial charge in [0, 0.05) is 13.1 Å². The van der Waals surface area contributed by atoms with Gasteiger partial charge in [-0.2, -0.15) is 0 Å². The van der Waals surface area contributed by atoms with E-state index in [1.807, 2.05) is 0 Å². The van der Waals surface area contributed by atoms with Crippen LogP contribution in [-0.2, 0) is 9.47 Å². The normalized spacial score (nSPS) is 36.5. The summed E-state index contributed by atoms with van der Waals surface area (Å²) in [4.78, 5) is 26.1. The minimum atomic E-state index is -1.52. The van der Waals surface area contributed by atoms with Crippen LogP contribution >= 0.6 is 0 Å². The molecule has 0 aromatic rings. The number of carbonyl (C=O) groups excluding carboxylic acids is 2. The molecule has 0 aromatic heterocycles. The number of carbonyl (C=O) groups is 2. The van der Waals surface area contributed by atoms with E-state index in [-0.39, 0.29) is 13.1 Å². The third-order valence-corrected chi connectivity index (χ3v) is 5.01. The fourth-order valence-electron chi connectivity index (χ4n) is 2.56. The lowest BCUT2D eigenvalue weighted by Crippen LogP contribution is -2.58. The predicted octanol–water partition coefficient (Wildman–Crippen LogP) is 0.865. The lowest BCUT2D eigenvalue weighted by Gasteiger charge is -2.38. The van der Waals surface area contributed by atoms with Gasteiger partial charge in [0.05, 0.1) is 0 Å². The molecule has 8 heteroatoms. The number of cyclic esters (lactones) is 2. The van der Waals surface area contributed by atoms with Crippen LogP contribution in [0.4, 0.5) is 9.59 Å². The van der Waals surface area contributed by atoms with Crippen molar-refractivity contribution in [2.45, 2.75) is 64.2 Å². The van der Waals surface area contributed by atoms with Gasteiger partial charge in [0.1, 0.15) is 0 Å². The van der Waals surface area contributed by atoms with E-state index in [0.717, 1.165) is 9.80 Å². The summed E-state index contributed by atoms with van der Waals surface area (Å²) in [6.07, 6.45) is -1.33. The summed E-state index contributed by atoms with van der Waals surface area (Å²) >= 11 is 0. The first kappa shape index (κ1) is 16.8. The summed E-state index contributed by atoms with van der Waals surface area (Å²) in [5.41, 5.74) is -5.18. The highest BCUT2D eigenvalue weighted by Gasteiger charge is 2.59. The van der Waals surface area contributed by atoms with Crippen molar-refractivity contribution in [1.29, 1.82) is 0 Å². The van der Waals surface area contributed by atoms with Gasteiger partial charge in [-0.3, -0.25) is 9.80 Å². The number of aliphatic hydroxyl groups is 2. The monoisotopic (exact) mass is 316 g/mol. The average Bonchev–Trinajstić information content (AvgIpc) is 2.54. The minimum absolute atomic E-state index is 0.0105. The highest BCUT2D eigenvalue weighted by Crippen LogP contribution is 2.39. The van der Waals surface area contributed by atoms with Gasteiger partial charge in [0.25, 0.3) is 0 Å². The van der Waals surface area contributed by atoms with Crippen molar-refractivity contribution in [1.82, 2.24) is 9.80 Å². The van der Waals surface area contributed by atoms with Crippen molar-refractivity contribution in [3.8, 4) is 0 Å². The maximum Gasteiger partial charge on any atom is 0.412 e. The van der Waals surface area contributed by atoms with E-state index in [1.54, 1.807) is 27.7 Å². The van der Waals surface area contributed by atoms with Crippen molar-refractivity contribution in [2.24, 2.45) is 0 Å².